The standard InChI is InChI=1S/C28H33ClN4O4S/c1-4-33-12-10-21-17-24(31-38(34,35)27-7-5-6-22(29)19(27)2)28(30-23(21)11-13-33)37-18-20-8-9-26-25(16-20)32(3)14-15-36-26/h5-9,16-17,31H,4,10-15,18H2,1-3H3. The summed E-state index contributed by atoms with van der Waals surface area (Å²) >= 11 is 6.23. The Hall–Kier alpha value is -3.01. The van der Waals surface area contributed by atoms with Crippen molar-refractivity contribution in [1.29, 1.82) is 0 Å². The number of rotatable bonds is 7. The SMILES string of the molecule is CCN1CCc2cc(NS(=O)(=O)c3cccc(Cl)c3C)c(OCc3ccc4c(c3)N(C)CCO4)nc2CC1. The minimum Gasteiger partial charge on any atom is -0.490 e. The van der Waals surface area contributed by atoms with E-state index in [1.165, 1.54) is 0 Å². The van der Waals surface area contributed by atoms with E-state index in [4.69, 9.17) is 26.1 Å². The Morgan fingerprint density at radius 2 is 1.95 bits per heavy atom. The quantitative estimate of drug-likeness (QED) is 0.452. The van der Waals surface area contributed by atoms with Gasteiger partial charge < -0.3 is 19.3 Å². The molecular weight excluding hydrogens is 524 g/mol. The topological polar surface area (TPSA) is 84.0 Å². The average molecular weight is 557 g/mol. The number of likely N-dealkylation sites (N-methyl/N-ethyl adjacent to an activating group) is 2. The number of ether oxygens (including phenoxy) is 2. The number of nitrogens with one attached hydrogen (secondary N) is 1. The monoisotopic (exact) mass is 556 g/mol. The lowest BCUT2D eigenvalue weighted by atomic mass is 10.1. The van der Waals surface area contributed by atoms with Crippen molar-refractivity contribution < 1.29 is 17.9 Å². The van der Waals surface area contributed by atoms with Gasteiger partial charge in [-0.3, -0.25) is 4.72 Å². The van der Waals surface area contributed by atoms with E-state index in [9.17, 15) is 8.42 Å². The van der Waals surface area contributed by atoms with E-state index >= 15 is 0 Å². The van der Waals surface area contributed by atoms with Gasteiger partial charge in [0.2, 0.25) is 5.88 Å². The second kappa shape index (κ2) is 11.0. The van der Waals surface area contributed by atoms with Gasteiger partial charge in [0.1, 0.15) is 24.7 Å². The van der Waals surface area contributed by atoms with Gasteiger partial charge in [0.05, 0.1) is 17.1 Å². The summed E-state index contributed by atoms with van der Waals surface area (Å²) in [5, 5.41) is 0.394. The van der Waals surface area contributed by atoms with Crippen LogP contribution in [0.25, 0.3) is 0 Å². The largest absolute Gasteiger partial charge is 0.490 e. The maximum Gasteiger partial charge on any atom is 0.262 e. The van der Waals surface area contributed by atoms with Gasteiger partial charge >= 0.3 is 0 Å². The summed E-state index contributed by atoms with van der Waals surface area (Å²) in [6, 6.07) is 12.7. The molecule has 38 heavy (non-hydrogen) atoms. The molecule has 2 aliphatic heterocycles. The number of hydrogen-bond acceptors (Lipinski definition) is 7. The Balaban J connectivity index is 1.47. The zero-order valence-electron chi connectivity index (χ0n) is 22.0. The number of fused-ring (bicyclic) bond motifs is 2. The molecule has 2 aliphatic rings. The summed E-state index contributed by atoms with van der Waals surface area (Å²) < 4.78 is 41.6. The maximum absolute atomic E-state index is 13.5. The molecule has 0 spiro atoms. The molecule has 0 unspecified atom stereocenters. The van der Waals surface area contributed by atoms with Crippen molar-refractivity contribution in [2.24, 2.45) is 0 Å². The molecule has 0 bridgehead atoms. The molecule has 3 heterocycles. The fourth-order valence-electron chi connectivity index (χ4n) is 4.88. The molecular formula is C28H33ClN4O4S. The van der Waals surface area contributed by atoms with Crippen LogP contribution >= 0.6 is 11.6 Å². The molecule has 5 rings (SSSR count). The minimum absolute atomic E-state index is 0.126. The lowest BCUT2D eigenvalue weighted by molar-refractivity contribution is 0.291. The summed E-state index contributed by atoms with van der Waals surface area (Å²) in [6.45, 7) is 8.30. The summed E-state index contributed by atoms with van der Waals surface area (Å²) in [6.07, 6.45) is 1.57. The van der Waals surface area contributed by atoms with Crippen LogP contribution in [0.1, 0.15) is 29.3 Å². The number of hydrogen-bond donors (Lipinski definition) is 1. The predicted octanol–water partition coefficient (Wildman–Crippen LogP) is 4.67. The van der Waals surface area contributed by atoms with Crippen molar-refractivity contribution in [3.05, 3.63) is 69.9 Å². The fraction of sp³-hybridized carbons (Fsp3) is 0.393. The highest BCUT2D eigenvalue weighted by molar-refractivity contribution is 7.92. The molecule has 8 nitrogen and oxygen atoms in total. The Bertz CT molecular complexity index is 1450. The average Bonchev–Trinajstić information content (AvgIpc) is 3.10. The minimum atomic E-state index is -3.93. The van der Waals surface area contributed by atoms with Crippen LogP contribution in [-0.2, 0) is 29.5 Å². The normalized spacial score (nSPS) is 15.7. The third-order valence-corrected chi connectivity index (χ3v) is 9.13. The zero-order valence-corrected chi connectivity index (χ0v) is 23.5. The molecule has 2 aromatic carbocycles. The molecule has 0 aliphatic carbocycles. The third-order valence-electron chi connectivity index (χ3n) is 7.21. The molecule has 202 valence electrons. The first-order valence-corrected chi connectivity index (χ1v) is 14.7. The maximum atomic E-state index is 13.5. The number of benzene rings is 2. The van der Waals surface area contributed by atoms with Crippen molar-refractivity contribution in [2.45, 2.75) is 38.2 Å². The lowest BCUT2D eigenvalue weighted by Crippen LogP contribution is -2.28. The molecule has 1 N–H and O–H groups in total. The van der Waals surface area contributed by atoms with Crippen molar-refractivity contribution in [3.8, 4) is 11.6 Å². The Morgan fingerprint density at radius 3 is 2.76 bits per heavy atom. The second-order valence-corrected chi connectivity index (χ2v) is 11.8. The molecule has 3 aromatic rings. The Morgan fingerprint density at radius 1 is 1.13 bits per heavy atom. The first kappa shape index (κ1) is 26.6. The number of sulfonamides is 1. The number of nitrogens with zero attached hydrogens (tertiary/aromatic N) is 3. The van der Waals surface area contributed by atoms with Crippen molar-refractivity contribution in [3.63, 3.8) is 0 Å². The van der Waals surface area contributed by atoms with Crippen LogP contribution in [0, 0.1) is 6.92 Å². The van der Waals surface area contributed by atoms with Gasteiger partial charge in [-0.15, -0.1) is 0 Å². The van der Waals surface area contributed by atoms with Crippen molar-refractivity contribution >= 4 is 33.0 Å². The Labute approximate surface area is 229 Å². The summed E-state index contributed by atoms with van der Waals surface area (Å²) in [5.41, 5.74) is 4.73. The van der Waals surface area contributed by atoms with E-state index < -0.39 is 10.0 Å². The van der Waals surface area contributed by atoms with E-state index in [2.05, 4.69) is 21.4 Å². The van der Waals surface area contributed by atoms with E-state index in [1.807, 2.05) is 31.3 Å². The molecule has 0 radical (unpaired) electrons. The van der Waals surface area contributed by atoms with Crippen LogP contribution in [0.2, 0.25) is 5.02 Å². The predicted molar refractivity (Wildman–Crippen MR) is 150 cm³/mol. The number of aromatic nitrogens is 1. The third kappa shape index (κ3) is 5.55. The van der Waals surface area contributed by atoms with Gasteiger partial charge in [-0.05, 0) is 66.9 Å². The van der Waals surface area contributed by atoms with Crippen LogP contribution in [0.15, 0.2) is 47.4 Å². The highest BCUT2D eigenvalue weighted by Gasteiger charge is 2.24. The molecule has 0 amide bonds. The van der Waals surface area contributed by atoms with E-state index in [1.54, 1.807) is 25.1 Å². The zero-order chi connectivity index (χ0) is 26.9. The van der Waals surface area contributed by atoms with Crippen LogP contribution in [-0.4, -0.2) is 58.1 Å². The molecule has 0 atom stereocenters. The first-order valence-electron chi connectivity index (χ1n) is 12.9. The molecule has 1 aromatic heterocycles. The lowest BCUT2D eigenvalue weighted by Gasteiger charge is -2.28. The van der Waals surface area contributed by atoms with Crippen LogP contribution in [0.3, 0.4) is 0 Å². The fourth-order valence-corrected chi connectivity index (χ4v) is 6.42. The van der Waals surface area contributed by atoms with Gasteiger partial charge in [0, 0.05) is 37.3 Å². The molecule has 0 saturated carbocycles. The highest BCUT2D eigenvalue weighted by Crippen LogP contribution is 2.34. The number of halogens is 1. The molecule has 0 fully saturated rings. The van der Waals surface area contributed by atoms with E-state index in [0.29, 0.717) is 22.9 Å². The van der Waals surface area contributed by atoms with Crippen LogP contribution < -0.4 is 19.1 Å². The van der Waals surface area contributed by atoms with Crippen LogP contribution in [0.5, 0.6) is 11.6 Å². The van der Waals surface area contributed by atoms with Gasteiger partial charge in [-0.2, -0.15) is 0 Å². The van der Waals surface area contributed by atoms with E-state index in [0.717, 1.165) is 67.3 Å². The summed E-state index contributed by atoms with van der Waals surface area (Å²) in [7, 11) is -1.90. The number of anilines is 2. The van der Waals surface area contributed by atoms with E-state index in [-0.39, 0.29) is 17.4 Å². The van der Waals surface area contributed by atoms with Crippen molar-refractivity contribution in [1.82, 2.24) is 9.88 Å². The van der Waals surface area contributed by atoms with Gasteiger partial charge in [0.25, 0.3) is 10.0 Å². The second-order valence-electron chi connectivity index (χ2n) is 9.71. The number of pyridine rings is 1. The summed E-state index contributed by atoms with van der Waals surface area (Å²) in [5.74, 6) is 1.11. The molecule has 0 saturated heterocycles. The first-order chi connectivity index (χ1) is 18.2. The van der Waals surface area contributed by atoms with Gasteiger partial charge in [-0.1, -0.05) is 30.7 Å². The van der Waals surface area contributed by atoms with Crippen molar-refractivity contribution in [2.75, 3.05) is 49.5 Å². The van der Waals surface area contributed by atoms with Gasteiger partial charge in [-0.25, -0.2) is 13.4 Å². The Kier molecular flexibility index (Phi) is 7.70. The summed E-state index contributed by atoms with van der Waals surface area (Å²) in [4.78, 5) is 9.48. The van der Waals surface area contributed by atoms with Crippen LogP contribution in [0.4, 0.5) is 11.4 Å². The highest BCUT2D eigenvalue weighted by atomic mass is 35.5. The smallest absolute Gasteiger partial charge is 0.262 e. The molecule has 10 heteroatoms. The van der Waals surface area contributed by atoms with Gasteiger partial charge in [0.15, 0.2) is 0 Å².